The molecule has 61 heavy (non-hydrogen) atoms. The molecule has 17 N–H and O–H groups in total. The first-order valence-electron chi connectivity index (χ1n) is 20.0. The normalized spacial score (nSPS) is 15.5. The molecule has 0 aliphatic carbocycles. The molecule has 24 heteroatoms. The number of carboxylic acid groups (broad SMARTS) is 2. The highest BCUT2D eigenvalue weighted by atomic mass is 16.4. The SMILES string of the molecule is CC[C@H](C)[C@H](NC(=O)[C@H](CC(C)C)NC(=O)CNC(=O)[C@@H](N)CC(=O)O)C(=O)N[C@@H](CC(C)C)C(=O)N[C@H](C(=O)N[C@@H](CO)C(=O)N[C@@H](CCCN=C(N)N)C(=O)O)[C@@H](C)O. The van der Waals surface area contributed by atoms with Crippen LogP contribution < -0.4 is 54.4 Å². The van der Waals surface area contributed by atoms with Gasteiger partial charge in [0.05, 0.1) is 31.7 Å². The van der Waals surface area contributed by atoms with E-state index in [2.05, 4.69) is 42.2 Å². The number of aliphatic carboxylic acids is 2. The third-order valence-corrected chi connectivity index (χ3v) is 9.08. The van der Waals surface area contributed by atoms with Gasteiger partial charge in [0, 0.05) is 6.54 Å². The summed E-state index contributed by atoms with van der Waals surface area (Å²) < 4.78 is 0. The first-order chi connectivity index (χ1) is 28.3. The molecule has 0 saturated heterocycles. The molecule has 24 nitrogen and oxygen atoms in total. The highest BCUT2D eigenvalue weighted by Gasteiger charge is 2.36. The van der Waals surface area contributed by atoms with E-state index >= 15 is 0 Å². The number of amides is 7. The van der Waals surface area contributed by atoms with Crippen LogP contribution in [0.4, 0.5) is 0 Å². The first-order valence-corrected chi connectivity index (χ1v) is 20.0. The molecule has 0 aliphatic rings. The number of carboxylic acids is 2. The highest BCUT2D eigenvalue weighted by Crippen LogP contribution is 2.13. The van der Waals surface area contributed by atoms with Gasteiger partial charge in [-0.25, -0.2) is 4.79 Å². The molecule has 0 spiro atoms. The fourth-order valence-corrected chi connectivity index (χ4v) is 5.60. The van der Waals surface area contributed by atoms with E-state index in [4.69, 9.17) is 22.3 Å². The van der Waals surface area contributed by atoms with Crippen LogP contribution in [0, 0.1) is 17.8 Å². The zero-order valence-corrected chi connectivity index (χ0v) is 35.9. The minimum atomic E-state index is -1.74. The molecule has 0 heterocycles. The van der Waals surface area contributed by atoms with E-state index in [0.29, 0.717) is 6.42 Å². The highest BCUT2D eigenvalue weighted by molar-refractivity contribution is 5.97. The lowest BCUT2D eigenvalue weighted by Crippen LogP contribution is -2.62. The molecule has 0 bridgehead atoms. The zero-order valence-electron chi connectivity index (χ0n) is 35.9. The van der Waals surface area contributed by atoms with Crippen LogP contribution in [-0.2, 0) is 43.2 Å². The second kappa shape index (κ2) is 28.0. The van der Waals surface area contributed by atoms with E-state index in [1.165, 1.54) is 0 Å². The molecule has 0 fully saturated rings. The Morgan fingerprint density at radius 3 is 1.57 bits per heavy atom. The second-order valence-corrected chi connectivity index (χ2v) is 15.6. The van der Waals surface area contributed by atoms with Gasteiger partial charge in [0.2, 0.25) is 41.4 Å². The quantitative estimate of drug-likeness (QED) is 0.0191. The van der Waals surface area contributed by atoms with Gasteiger partial charge >= 0.3 is 11.9 Å². The van der Waals surface area contributed by atoms with Crippen molar-refractivity contribution in [3.63, 3.8) is 0 Å². The van der Waals surface area contributed by atoms with Crippen LogP contribution in [0.15, 0.2) is 4.99 Å². The summed E-state index contributed by atoms with van der Waals surface area (Å²) in [6.45, 7) is 10.1. The monoisotopic (exact) mass is 873 g/mol. The molecule has 0 aromatic rings. The molecule has 9 atom stereocenters. The van der Waals surface area contributed by atoms with Crippen molar-refractivity contribution in [2.24, 2.45) is 39.9 Å². The largest absolute Gasteiger partial charge is 0.481 e. The summed E-state index contributed by atoms with van der Waals surface area (Å²) in [4.78, 5) is 119. The first kappa shape index (κ1) is 55.4. The molecular weight excluding hydrogens is 806 g/mol. The molecule has 0 rings (SSSR count). The number of rotatable bonds is 29. The molecule has 0 radical (unpaired) electrons. The summed E-state index contributed by atoms with van der Waals surface area (Å²) in [5, 5.41) is 55.5. The number of aliphatic imine (C=N–C) groups is 1. The van der Waals surface area contributed by atoms with Gasteiger partial charge in [-0.3, -0.25) is 43.3 Å². The average Bonchev–Trinajstić information content (AvgIpc) is 3.15. The van der Waals surface area contributed by atoms with Crippen LogP contribution in [0.2, 0.25) is 0 Å². The number of carbonyl (C=O) groups excluding carboxylic acids is 7. The lowest BCUT2D eigenvalue weighted by Gasteiger charge is -2.30. The van der Waals surface area contributed by atoms with Crippen LogP contribution in [0.3, 0.4) is 0 Å². The molecule has 0 unspecified atom stereocenters. The Morgan fingerprint density at radius 1 is 0.639 bits per heavy atom. The standard InChI is InChI=1S/C37H67N11O13/c1-8-19(6)28(47-31(55)23(12-17(2)3)43-26(51)15-42-30(54)21(38)14-27(52)53)34(58)45-24(13-18(4)5)32(56)48-29(20(7)50)35(59)46-25(16-49)33(57)44-22(36(60)61)10-9-11-41-37(39)40/h17-25,28-29,49-50H,8-16,38H2,1-7H3,(H,42,54)(H,43,51)(H,44,57)(H,45,58)(H,46,59)(H,47,55)(H,48,56)(H,52,53)(H,60,61)(H4,39,40,41)/t19-,20+,21-,22-,23-,24-,25-,28-,29-/m0/s1. The Labute approximate surface area is 354 Å². The maximum absolute atomic E-state index is 13.9. The van der Waals surface area contributed by atoms with Crippen LogP contribution in [0.1, 0.15) is 87.0 Å². The lowest BCUT2D eigenvalue weighted by atomic mass is 9.95. The van der Waals surface area contributed by atoms with Crippen molar-refractivity contribution < 1.29 is 63.6 Å². The van der Waals surface area contributed by atoms with Crippen molar-refractivity contribution in [2.45, 2.75) is 135 Å². The minimum absolute atomic E-state index is 0.0161. The van der Waals surface area contributed by atoms with E-state index in [-0.39, 0.29) is 50.0 Å². The smallest absolute Gasteiger partial charge is 0.326 e. The number of carbonyl (C=O) groups is 9. The van der Waals surface area contributed by atoms with Crippen molar-refractivity contribution >= 4 is 59.2 Å². The number of hydrogen-bond donors (Lipinski definition) is 14. The van der Waals surface area contributed by atoms with E-state index in [1.54, 1.807) is 41.5 Å². The fourth-order valence-electron chi connectivity index (χ4n) is 5.60. The number of aliphatic hydroxyl groups is 2. The summed E-state index contributed by atoms with van der Waals surface area (Å²) in [7, 11) is 0. The van der Waals surface area contributed by atoms with Gasteiger partial charge in [-0.15, -0.1) is 0 Å². The Kier molecular flexibility index (Phi) is 25.4. The van der Waals surface area contributed by atoms with Gasteiger partial charge in [-0.05, 0) is 50.4 Å². The van der Waals surface area contributed by atoms with Crippen molar-refractivity contribution in [2.75, 3.05) is 19.7 Å². The Bertz CT molecular complexity index is 1540. The van der Waals surface area contributed by atoms with Gasteiger partial charge in [-0.1, -0.05) is 48.0 Å². The van der Waals surface area contributed by atoms with Gasteiger partial charge < -0.3 is 74.8 Å². The summed E-state index contributed by atoms with van der Waals surface area (Å²) in [5.41, 5.74) is 16.0. The number of nitrogens with two attached hydrogens (primary N) is 3. The molecule has 0 saturated carbocycles. The molecule has 0 aromatic carbocycles. The van der Waals surface area contributed by atoms with Gasteiger partial charge in [-0.2, -0.15) is 0 Å². The topological polar surface area (TPSA) is 409 Å². The third-order valence-electron chi connectivity index (χ3n) is 9.08. The molecule has 348 valence electrons. The Hall–Kier alpha value is -5.62. The average molecular weight is 874 g/mol. The number of guanidine groups is 1. The summed E-state index contributed by atoms with van der Waals surface area (Å²) in [6.07, 6.45) is -1.70. The van der Waals surface area contributed by atoms with E-state index in [9.17, 15) is 58.5 Å². The third kappa shape index (κ3) is 22.0. The number of nitrogens with zero attached hydrogens (tertiary/aromatic N) is 1. The molecule has 7 amide bonds. The van der Waals surface area contributed by atoms with Gasteiger partial charge in [0.1, 0.15) is 36.3 Å². The van der Waals surface area contributed by atoms with Crippen molar-refractivity contribution in [3.05, 3.63) is 0 Å². The number of nitrogens with one attached hydrogen (secondary N) is 7. The lowest BCUT2D eigenvalue weighted by molar-refractivity contribution is -0.143. The second-order valence-electron chi connectivity index (χ2n) is 15.6. The van der Waals surface area contributed by atoms with E-state index in [1.807, 2.05) is 0 Å². The maximum atomic E-state index is 13.9. The predicted octanol–water partition coefficient (Wildman–Crippen LogP) is -4.54. The van der Waals surface area contributed by atoms with Crippen molar-refractivity contribution in [3.8, 4) is 0 Å². The Morgan fingerprint density at radius 2 is 1.11 bits per heavy atom. The summed E-state index contributed by atoms with van der Waals surface area (Å²) in [6, 6.07) is -10.1. The number of hydrogen-bond acceptors (Lipinski definition) is 13. The molecule has 0 aliphatic heterocycles. The number of aliphatic hydroxyl groups excluding tert-OH is 2. The van der Waals surface area contributed by atoms with Crippen LogP contribution in [0.5, 0.6) is 0 Å². The predicted molar refractivity (Wildman–Crippen MR) is 220 cm³/mol. The van der Waals surface area contributed by atoms with E-state index < -0.39 is 127 Å². The van der Waals surface area contributed by atoms with Gasteiger partial charge in [0.25, 0.3) is 0 Å². The maximum Gasteiger partial charge on any atom is 0.326 e. The Balaban J connectivity index is 6.08. The van der Waals surface area contributed by atoms with E-state index in [0.717, 1.165) is 6.92 Å². The minimum Gasteiger partial charge on any atom is -0.481 e. The van der Waals surface area contributed by atoms with Crippen LogP contribution in [-0.4, -0.2) is 148 Å². The van der Waals surface area contributed by atoms with Crippen molar-refractivity contribution in [1.29, 1.82) is 0 Å². The summed E-state index contributed by atoms with van der Waals surface area (Å²) in [5.74, 6) is -10.2. The van der Waals surface area contributed by atoms with Gasteiger partial charge in [0.15, 0.2) is 5.96 Å². The van der Waals surface area contributed by atoms with Crippen molar-refractivity contribution in [1.82, 2.24) is 37.2 Å². The fraction of sp³-hybridized carbons (Fsp3) is 0.730. The van der Waals surface area contributed by atoms with Crippen LogP contribution >= 0.6 is 0 Å². The summed E-state index contributed by atoms with van der Waals surface area (Å²) >= 11 is 0. The molecule has 0 aromatic heterocycles. The zero-order chi connectivity index (χ0) is 47.1. The molecular formula is C37H67N11O13. The van der Waals surface area contributed by atoms with Crippen LogP contribution in [0.25, 0.3) is 0 Å².